The van der Waals surface area contributed by atoms with Crippen molar-refractivity contribution in [3.05, 3.63) is 35.9 Å². The molecule has 8 atom stereocenters. The van der Waals surface area contributed by atoms with Gasteiger partial charge in [-0.2, -0.15) is 0 Å². The molecule has 0 aliphatic carbocycles. The number of morpholine rings is 1. The maximum Gasteiger partial charge on any atom is 0.318 e. The number of likely N-dealkylation sites (N-methyl/N-ethyl adjacent to an activating group) is 1. The van der Waals surface area contributed by atoms with E-state index < -0.39 is 36.3 Å². The summed E-state index contributed by atoms with van der Waals surface area (Å²) >= 11 is 0. The molecule has 2 aliphatic heterocycles. The normalized spacial score (nSPS) is 20.5. The second-order valence-electron chi connectivity index (χ2n) is 14.4. The Hall–Kier alpha value is -3.26. The Balaban J connectivity index is 1.73. The molecule has 5 amide bonds. The number of nitrogens with one attached hydrogen (secondary N) is 2. The quantitative estimate of drug-likeness (QED) is 0.210. The van der Waals surface area contributed by atoms with Gasteiger partial charge in [-0.3, -0.25) is 14.4 Å². The number of amides is 5. The number of carbonyl (C=O) groups is 4. The summed E-state index contributed by atoms with van der Waals surface area (Å²) in [6.07, 6.45) is 1.53. The topological polar surface area (TPSA) is 150 Å². The molecule has 288 valence electrons. The van der Waals surface area contributed by atoms with Gasteiger partial charge in [-0.1, -0.05) is 71.4 Å². The highest BCUT2D eigenvalue weighted by atomic mass is 16.5. The van der Waals surface area contributed by atoms with Gasteiger partial charge in [0.1, 0.15) is 6.04 Å². The van der Waals surface area contributed by atoms with Crippen LogP contribution in [0.15, 0.2) is 30.3 Å². The van der Waals surface area contributed by atoms with Gasteiger partial charge in [0, 0.05) is 40.9 Å². The molecule has 2 heterocycles. The van der Waals surface area contributed by atoms with Crippen LogP contribution in [0.2, 0.25) is 0 Å². The Morgan fingerprint density at radius 2 is 1.67 bits per heavy atom. The van der Waals surface area contributed by atoms with E-state index in [1.54, 1.807) is 42.9 Å². The number of urea groups is 1. The van der Waals surface area contributed by atoms with Gasteiger partial charge in [-0.05, 0) is 36.7 Å². The summed E-state index contributed by atoms with van der Waals surface area (Å²) in [5, 5.41) is 15.9. The maximum atomic E-state index is 14.1. The summed E-state index contributed by atoms with van der Waals surface area (Å²) in [5.74, 6) is -1.40. The van der Waals surface area contributed by atoms with Crippen LogP contribution in [0.1, 0.15) is 65.9 Å². The van der Waals surface area contributed by atoms with Crippen molar-refractivity contribution in [2.45, 2.75) is 103 Å². The molecular weight excluding hydrogens is 654 g/mol. The highest BCUT2D eigenvalue weighted by Crippen LogP contribution is 2.29. The van der Waals surface area contributed by atoms with Crippen molar-refractivity contribution in [1.29, 1.82) is 0 Å². The molecule has 0 saturated carbocycles. The molecule has 0 bridgehead atoms. The van der Waals surface area contributed by atoms with Gasteiger partial charge in [0.15, 0.2) is 0 Å². The number of carbonyl (C=O) groups excluding carboxylic acids is 4. The Labute approximate surface area is 304 Å². The fourth-order valence-electron chi connectivity index (χ4n) is 7.42. The molecule has 13 nitrogen and oxygen atoms in total. The largest absolute Gasteiger partial charge is 0.394 e. The van der Waals surface area contributed by atoms with Gasteiger partial charge >= 0.3 is 6.03 Å². The minimum atomic E-state index is -0.763. The van der Waals surface area contributed by atoms with Crippen molar-refractivity contribution in [2.75, 3.05) is 60.7 Å². The van der Waals surface area contributed by atoms with Crippen molar-refractivity contribution >= 4 is 23.8 Å². The molecule has 0 aromatic heterocycles. The maximum absolute atomic E-state index is 14.1. The van der Waals surface area contributed by atoms with Crippen LogP contribution in [0.5, 0.6) is 0 Å². The van der Waals surface area contributed by atoms with Crippen molar-refractivity contribution in [2.24, 2.45) is 17.8 Å². The number of likely N-dealkylation sites (tertiary alicyclic amines) is 1. The average molecular weight is 718 g/mol. The number of nitrogens with zero attached hydrogens (tertiary/aromatic N) is 3. The van der Waals surface area contributed by atoms with Crippen LogP contribution < -0.4 is 10.6 Å². The van der Waals surface area contributed by atoms with Gasteiger partial charge < -0.3 is 44.7 Å². The number of rotatable bonds is 18. The zero-order valence-corrected chi connectivity index (χ0v) is 32.0. The molecule has 2 fully saturated rings. The standard InChI is InChI=1S/C38H63N5O8/c1-9-26(4)34(41(6)37(47)33(25(2)3)40-38(48)42-18-20-51-21-19-42)31(49-7)23-32(45)43-17-13-16-30(43)35(50-8)27(5)36(46)39-29(24-44)22-28-14-11-10-12-15-28/h10-12,14-15,25-27,29-31,33-35,44H,9,13,16-24H2,1-8H3,(H,39,46)(H,40,48)/t26-,27+,29-,30-,31+,33-,34-,35+/m0/s1. The van der Waals surface area contributed by atoms with Crippen LogP contribution in [0.3, 0.4) is 0 Å². The van der Waals surface area contributed by atoms with Crippen LogP contribution in [-0.2, 0) is 35.0 Å². The van der Waals surface area contributed by atoms with E-state index in [9.17, 15) is 24.3 Å². The fraction of sp³-hybridized carbons (Fsp3) is 0.737. The Morgan fingerprint density at radius 1 is 1.00 bits per heavy atom. The lowest BCUT2D eigenvalue weighted by Crippen LogP contribution is -2.59. The SMILES string of the molecule is CC[C@H](C)[C@@H]([C@@H](CC(=O)N1CCC[C@H]1[C@H](OC)[C@@H](C)C(=O)N[C@H](CO)Cc1ccccc1)OC)N(C)C(=O)[C@@H](NC(=O)N1CCOCC1)C(C)C. The number of aliphatic hydroxyl groups is 1. The Kier molecular flexibility index (Phi) is 17.1. The van der Waals surface area contributed by atoms with Crippen molar-refractivity contribution in [3.8, 4) is 0 Å². The first-order valence-corrected chi connectivity index (χ1v) is 18.6. The second kappa shape index (κ2) is 20.7. The third-order valence-corrected chi connectivity index (χ3v) is 10.7. The molecule has 1 aromatic carbocycles. The summed E-state index contributed by atoms with van der Waals surface area (Å²) < 4.78 is 17.3. The summed E-state index contributed by atoms with van der Waals surface area (Å²) in [6.45, 7) is 11.8. The number of ether oxygens (including phenoxy) is 3. The first-order chi connectivity index (χ1) is 24.4. The van der Waals surface area contributed by atoms with Gasteiger partial charge in [0.05, 0.1) is 62.5 Å². The van der Waals surface area contributed by atoms with Crippen molar-refractivity contribution in [1.82, 2.24) is 25.3 Å². The predicted octanol–water partition coefficient (Wildman–Crippen LogP) is 2.69. The van der Waals surface area contributed by atoms with E-state index in [0.29, 0.717) is 45.7 Å². The number of benzene rings is 1. The molecular formula is C38H63N5O8. The van der Waals surface area contributed by atoms with E-state index in [1.807, 2.05) is 58.0 Å². The lowest BCUT2D eigenvalue weighted by Gasteiger charge is -2.41. The smallest absolute Gasteiger partial charge is 0.318 e. The van der Waals surface area contributed by atoms with Gasteiger partial charge in [0.2, 0.25) is 17.7 Å². The highest BCUT2D eigenvalue weighted by Gasteiger charge is 2.43. The van der Waals surface area contributed by atoms with Crippen LogP contribution in [0.25, 0.3) is 0 Å². The van der Waals surface area contributed by atoms with Gasteiger partial charge in [-0.15, -0.1) is 0 Å². The van der Waals surface area contributed by atoms with E-state index in [1.165, 1.54) is 0 Å². The minimum absolute atomic E-state index is 0.0142. The summed E-state index contributed by atoms with van der Waals surface area (Å²) in [6, 6.07) is 7.39. The average Bonchev–Trinajstić information content (AvgIpc) is 3.63. The third kappa shape index (κ3) is 11.4. The van der Waals surface area contributed by atoms with Crippen LogP contribution in [0.4, 0.5) is 4.79 Å². The molecule has 13 heteroatoms. The molecule has 3 rings (SSSR count). The van der Waals surface area contributed by atoms with Gasteiger partial charge in [0.25, 0.3) is 0 Å². The molecule has 2 saturated heterocycles. The van der Waals surface area contributed by atoms with E-state index >= 15 is 0 Å². The zero-order valence-electron chi connectivity index (χ0n) is 32.0. The molecule has 1 aromatic rings. The van der Waals surface area contributed by atoms with Gasteiger partial charge in [-0.25, -0.2) is 4.79 Å². The summed E-state index contributed by atoms with van der Waals surface area (Å²) in [5.41, 5.74) is 1.01. The van der Waals surface area contributed by atoms with Crippen molar-refractivity contribution < 1.29 is 38.5 Å². The van der Waals surface area contributed by atoms with Crippen LogP contribution in [-0.4, -0.2) is 141 Å². The number of hydrogen-bond donors (Lipinski definition) is 3. The third-order valence-electron chi connectivity index (χ3n) is 10.7. The summed E-state index contributed by atoms with van der Waals surface area (Å²) in [7, 11) is 4.84. The molecule has 2 aliphatic rings. The predicted molar refractivity (Wildman–Crippen MR) is 195 cm³/mol. The number of hydrogen-bond acceptors (Lipinski definition) is 8. The minimum Gasteiger partial charge on any atom is -0.394 e. The number of aliphatic hydroxyl groups excluding tert-OH is 1. The molecule has 0 unspecified atom stereocenters. The molecule has 0 spiro atoms. The Bertz CT molecular complexity index is 1250. The highest BCUT2D eigenvalue weighted by molar-refractivity contribution is 5.87. The zero-order chi connectivity index (χ0) is 37.7. The van der Waals surface area contributed by atoms with Crippen LogP contribution in [0, 0.1) is 17.8 Å². The van der Waals surface area contributed by atoms with E-state index in [4.69, 9.17) is 14.2 Å². The number of methoxy groups -OCH3 is 2. The molecule has 0 radical (unpaired) electrons. The van der Waals surface area contributed by atoms with Crippen molar-refractivity contribution in [3.63, 3.8) is 0 Å². The monoisotopic (exact) mass is 717 g/mol. The summed E-state index contributed by atoms with van der Waals surface area (Å²) in [4.78, 5) is 59.9. The van der Waals surface area contributed by atoms with E-state index in [2.05, 4.69) is 10.6 Å². The fourth-order valence-corrected chi connectivity index (χ4v) is 7.42. The Morgan fingerprint density at radius 3 is 2.24 bits per heavy atom. The lowest BCUT2D eigenvalue weighted by atomic mass is 9.89. The molecule has 51 heavy (non-hydrogen) atoms. The first kappa shape index (κ1) is 42.2. The lowest BCUT2D eigenvalue weighted by molar-refractivity contribution is -0.147. The first-order valence-electron chi connectivity index (χ1n) is 18.6. The second-order valence-corrected chi connectivity index (χ2v) is 14.4. The van der Waals surface area contributed by atoms with E-state index in [-0.39, 0.29) is 54.7 Å². The molecule has 3 N–H and O–H groups in total. The van der Waals surface area contributed by atoms with E-state index in [0.717, 1.165) is 18.4 Å². The van der Waals surface area contributed by atoms with Crippen LogP contribution >= 0.6 is 0 Å².